The van der Waals surface area contributed by atoms with Gasteiger partial charge in [0.25, 0.3) is 11.8 Å². The number of imide groups is 1. The number of piperidine rings is 1. The zero-order valence-electron chi connectivity index (χ0n) is 15.2. The summed E-state index contributed by atoms with van der Waals surface area (Å²) in [6, 6.07) is 7.01. The zero-order valence-corrected chi connectivity index (χ0v) is 15.2. The Hall–Kier alpha value is -1.76. The molecule has 1 atom stereocenters. The topological polar surface area (TPSA) is 59.1 Å². The summed E-state index contributed by atoms with van der Waals surface area (Å²) in [5.41, 5.74) is 0.985. The Morgan fingerprint density at radius 3 is 2.16 bits per heavy atom. The lowest BCUT2D eigenvalue weighted by Crippen LogP contribution is -2.55. The molecule has 1 saturated heterocycles. The van der Waals surface area contributed by atoms with E-state index in [1.807, 2.05) is 20.9 Å². The van der Waals surface area contributed by atoms with Crippen LogP contribution >= 0.6 is 0 Å². The molecule has 0 spiro atoms. The summed E-state index contributed by atoms with van der Waals surface area (Å²) >= 11 is 0. The van der Waals surface area contributed by atoms with Crippen LogP contribution in [0.5, 0.6) is 0 Å². The molecule has 2 aliphatic rings. The van der Waals surface area contributed by atoms with Crippen molar-refractivity contribution in [3.8, 4) is 0 Å². The molecule has 0 radical (unpaired) electrons. The smallest absolute Gasteiger partial charge is 0.261 e. The van der Waals surface area contributed by atoms with E-state index in [4.69, 9.17) is 9.47 Å². The Kier molecular flexibility index (Phi) is 5.22. The Morgan fingerprint density at radius 2 is 1.64 bits per heavy atom. The van der Waals surface area contributed by atoms with E-state index in [0.29, 0.717) is 37.3 Å². The second-order valence-corrected chi connectivity index (χ2v) is 6.63. The van der Waals surface area contributed by atoms with Crippen LogP contribution in [-0.2, 0) is 9.47 Å². The van der Waals surface area contributed by atoms with Gasteiger partial charge in [0.05, 0.1) is 11.1 Å². The van der Waals surface area contributed by atoms with Crippen LogP contribution in [0.3, 0.4) is 0 Å². The van der Waals surface area contributed by atoms with Crippen LogP contribution in [0.25, 0.3) is 0 Å². The van der Waals surface area contributed by atoms with Crippen molar-refractivity contribution in [2.24, 2.45) is 0 Å². The van der Waals surface area contributed by atoms with Gasteiger partial charge in [0.15, 0.2) is 5.79 Å². The Balaban J connectivity index is 1.77. The van der Waals surface area contributed by atoms with Crippen LogP contribution in [0.4, 0.5) is 0 Å². The van der Waals surface area contributed by atoms with Crippen LogP contribution in [0.2, 0.25) is 0 Å². The van der Waals surface area contributed by atoms with Gasteiger partial charge in [0, 0.05) is 45.2 Å². The number of hydrogen-bond acceptors (Lipinski definition) is 5. The van der Waals surface area contributed by atoms with Gasteiger partial charge in [-0.25, -0.2) is 0 Å². The number of amides is 2. The predicted octanol–water partition coefficient (Wildman–Crippen LogP) is 2.15. The van der Waals surface area contributed by atoms with Crippen molar-refractivity contribution < 1.29 is 19.1 Å². The fourth-order valence-corrected chi connectivity index (χ4v) is 3.80. The minimum absolute atomic E-state index is 0.00839. The summed E-state index contributed by atoms with van der Waals surface area (Å²) in [4.78, 5) is 28.8. The van der Waals surface area contributed by atoms with Crippen molar-refractivity contribution >= 4 is 11.8 Å². The largest absolute Gasteiger partial charge is 0.350 e. The van der Waals surface area contributed by atoms with E-state index in [2.05, 4.69) is 4.90 Å². The van der Waals surface area contributed by atoms with Gasteiger partial charge >= 0.3 is 0 Å². The number of carbonyl (C=O) groups is 2. The van der Waals surface area contributed by atoms with Gasteiger partial charge in [-0.2, -0.15) is 0 Å². The lowest BCUT2D eigenvalue weighted by molar-refractivity contribution is -0.260. The molecule has 2 heterocycles. The highest BCUT2D eigenvalue weighted by Gasteiger charge is 2.43. The lowest BCUT2D eigenvalue weighted by Gasteiger charge is -2.45. The van der Waals surface area contributed by atoms with Gasteiger partial charge in [-0.3, -0.25) is 14.5 Å². The third-order valence-corrected chi connectivity index (χ3v) is 5.10. The average Bonchev–Trinajstić information content (AvgIpc) is 2.84. The maximum atomic E-state index is 12.6. The minimum Gasteiger partial charge on any atom is -0.350 e. The van der Waals surface area contributed by atoms with Gasteiger partial charge in [0.1, 0.15) is 0 Å². The number of benzene rings is 1. The second-order valence-electron chi connectivity index (χ2n) is 6.63. The maximum absolute atomic E-state index is 12.6. The molecule has 1 fully saturated rings. The summed E-state index contributed by atoms with van der Waals surface area (Å²) < 4.78 is 11.9. The first kappa shape index (κ1) is 18.0. The zero-order chi connectivity index (χ0) is 18.0. The molecular weight excluding hydrogens is 320 g/mol. The molecule has 136 valence electrons. The molecule has 25 heavy (non-hydrogen) atoms. The molecule has 0 unspecified atom stereocenters. The quantitative estimate of drug-likeness (QED) is 0.583. The molecular formula is C19H26N2O4. The van der Waals surface area contributed by atoms with Crippen LogP contribution < -0.4 is 0 Å². The van der Waals surface area contributed by atoms with E-state index in [-0.39, 0.29) is 17.9 Å². The van der Waals surface area contributed by atoms with Crippen LogP contribution in [0.1, 0.15) is 47.4 Å². The highest BCUT2D eigenvalue weighted by molar-refractivity contribution is 6.21. The van der Waals surface area contributed by atoms with Gasteiger partial charge in [-0.15, -0.1) is 0 Å². The SMILES string of the molecule is CCOC1(OCC)CCN(C)[C@H](CN2C(=O)c3ccccc3C2=O)C1. The number of likely N-dealkylation sites (N-methyl/N-ethyl adjacent to an activating group) is 1. The van der Waals surface area contributed by atoms with Crippen molar-refractivity contribution in [2.45, 2.75) is 38.5 Å². The molecule has 0 aliphatic carbocycles. The fourth-order valence-electron chi connectivity index (χ4n) is 3.80. The van der Waals surface area contributed by atoms with Crippen LogP contribution in [0.15, 0.2) is 24.3 Å². The number of hydrogen-bond donors (Lipinski definition) is 0. The van der Waals surface area contributed by atoms with Crippen molar-refractivity contribution in [1.29, 1.82) is 0 Å². The average molecular weight is 346 g/mol. The third-order valence-electron chi connectivity index (χ3n) is 5.10. The molecule has 6 nitrogen and oxygen atoms in total. The number of ether oxygens (including phenoxy) is 2. The molecule has 1 aromatic carbocycles. The Labute approximate surface area is 148 Å². The summed E-state index contributed by atoms with van der Waals surface area (Å²) in [6.07, 6.45) is 1.42. The Bertz CT molecular complexity index is 620. The first-order valence-electron chi connectivity index (χ1n) is 8.94. The number of carbonyl (C=O) groups excluding carboxylic acids is 2. The highest BCUT2D eigenvalue weighted by atomic mass is 16.7. The maximum Gasteiger partial charge on any atom is 0.261 e. The number of likely N-dealkylation sites (tertiary alicyclic amines) is 1. The summed E-state index contributed by atoms with van der Waals surface area (Å²) in [5, 5.41) is 0. The van der Waals surface area contributed by atoms with Gasteiger partial charge in [-0.1, -0.05) is 12.1 Å². The predicted molar refractivity (Wildman–Crippen MR) is 93.4 cm³/mol. The monoisotopic (exact) mass is 346 g/mol. The third kappa shape index (κ3) is 3.34. The van der Waals surface area contributed by atoms with E-state index in [1.54, 1.807) is 24.3 Å². The second kappa shape index (κ2) is 7.23. The summed E-state index contributed by atoms with van der Waals surface area (Å²) in [5.74, 6) is -1.05. The number of fused-ring (bicyclic) bond motifs is 1. The highest BCUT2D eigenvalue weighted by Crippen LogP contribution is 2.33. The molecule has 2 amide bonds. The lowest BCUT2D eigenvalue weighted by atomic mass is 9.95. The molecule has 1 aromatic rings. The van der Waals surface area contributed by atoms with Crippen molar-refractivity contribution in [1.82, 2.24) is 9.80 Å². The summed E-state index contributed by atoms with van der Waals surface area (Å²) in [6.45, 7) is 6.21. The summed E-state index contributed by atoms with van der Waals surface area (Å²) in [7, 11) is 2.02. The standard InChI is InChI=1S/C19H26N2O4/c1-4-24-19(25-5-2)10-11-20(3)14(12-19)13-21-17(22)15-8-6-7-9-16(15)18(21)23/h6-9,14H,4-5,10-13H2,1-3H3/t14-/m0/s1. The molecule has 0 N–H and O–H groups in total. The first-order chi connectivity index (χ1) is 12.0. The molecule has 2 aliphatic heterocycles. The Morgan fingerprint density at radius 1 is 1.08 bits per heavy atom. The molecule has 0 bridgehead atoms. The number of nitrogens with zero attached hydrogens (tertiary/aromatic N) is 2. The molecule has 0 saturated carbocycles. The fraction of sp³-hybridized carbons (Fsp3) is 0.579. The first-order valence-corrected chi connectivity index (χ1v) is 8.94. The van der Waals surface area contributed by atoms with Gasteiger partial charge < -0.3 is 14.4 Å². The molecule has 0 aromatic heterocycles. The van der Waals surface area contributed by atoms with E-state index in [1.165, 1.54) is 4.90 Å². The number of rotatable bonds is 6. The molecule has 3 rings (SSSR count). The van der Waals surface area contributed by atoms with E-state index < -0.39 is 5.79 Å². The minimum atomic E-state index is -0.626. The molecule has 6 heteroatoms. The van der Waals surface area contributed by atoms with Gasteiger partial charge in [-0.05, 0) is 33.0 Å². The van der Waals surface area contributed by atoms with E-state index in [0.717, 1.165) is 13.0 Å². The van der Waals surface area contributed by atoms with Crippen molar-refractivity contribution in [3.05, 3.63) is 35.4 Å². The van der Waals surface area contributed by atoms with Crippen LogP contribution in [-0.4, -0.2) is 66.8 Å². The van der Waals surface area contributed by atoms with E-state index >= 15 is 0 Å². The van der Waals surface area contributed by atoms with Crippen molar-refractivity contribution in [2.75, 3.05) is 33.4 Å². The van der Waals surface area contributed by atoms with E-state index in [9.17, 15) is 9.59 Å². The van der Waals surface area contributed by atoms with Crippen molar-refractivity contribution in [3.63, 3.8) is 0 Å². The van der Waals surface area contributed by atoms with Crippen LogP contribution in [0, 0.1) is 0 Å². The normalized spacial score (nSPS) is 23.2. The van der Waals surface area contributed by atoms with Gasteiger partial charge in [0.2, 0.25) is 0 Å².